The Morgan fingerprint density at radius 2 is 1.03 bits per heavy atom. The average molecular weight is 954 g/mol. The molecule has 4 N–H and O–H groups in total. The van der Waals surface area contributed by atoms with E-state index in [1.54, 1.807) is 6.92 Å². The summed E-state index contributed by atoms with van der Waals surface area (Å²) in [4.78, 5) is 44.6. The van der Waals surface area contributed by atoms with E-state index in [1.165, 1.54) is 57.5 Å². The Kier molecular flexibility index (Phi) is 19.2. The summed E-state index contributed by atoms with van der Waals surface area (Å²) in [6.07, 6.45) is 27.7. The van der Waals surface area contributed by atoms with Gasteiger partial charge in [0.1, 0.15) is 18.2 Å². The van der Waals surface area contributed by atoms with Gasteiger partial charge in [-0.3, -0.25) is 19.2 Å². The molecule has 388 valence electrons. The van der Waals surface area contributed by atoms with Crippen molar-refractivity contribution in [3.05, 3.63) is 23.7 Å². The maximum Gasteiger partial charge on any atom is 0.322 e. The highest BCUT2D eigenvalue weighted by Crippen LogP contribution is 2.63. The minimum Gasteiger partial charge on any atom is -0.462 e. The molecule has 6 saturated carbocycles. The van der Waals surface area contributed by atoms with Crippen LogP contribution in [0.5, 0.6) is 0 Å². The van der Waals surface area contributed by atoms with E-state index in [1.807, 2.05) is 27.7 Å². The Morgan fingerprint density at radius 3 is 1.35 bits per heavy atom. The molecule has 0 spiro atoms. The number of ether oxygens (including phenoxy) is 4. The number of fused-ring (bicyclic) bond motifs is 2. The van der Waals surface area contributed by atoms with Crippen molar-refractivity contribution >= 4 is 23.9 Å². The van der Waals surface area contributed by atoms with Gasteiger partial charge in [-0.05, 0) is 206 Å². The van der Waals surface area contributed by atoms with Gasteiger partial charge < -0.3 is 34.9 Å². The lowest BCUT2D eigenvalue weighted by Crippen LogP contribution is -2.52. The number of aliphatic hydroxyl groups is 2. The molecule has 6 fully saturated rings. The van der Waals surface area contributed by atoms with E-state index in [9.17, 15) is 29.4 Å². The van der Waals surface area contributed by atoms with Crippen molar-refractivity contribution < 1.29 is 48.3 Å². The van der Waals surface area contributed by atoms with Crippen LogP contribution < -0.4 is 5.73 Å². The van der Waals surface area contributed by atoms with Crippen LogP contribution in [0.1, 0.15) is 230 Å². The zero-order valence-corrected chi connectivity index (χ0v) is 44.5. The molecule has 0 radical (unpaired) electrons. The van der Waals surface area contributed by atoms with E-state index in [-0.39, 0.29) is 63.7 Å². The highest BCUT2D eigenvalue weighted by molar-refractivity contribution is 5.75. The van der Waals surface area contributed by atoms with Gasteiger partial charge in [0.15, 0.2) is 0 Å². The fourth-order valence-electron chi connectivity index (χ4n) is 14.2. The van der Waals surface area contributed by atoms with Gasteiger partial charge in [-0.1, -0.05) is 68.2 Å². The summed E-state index contributed by atoms with van der Waals surface area (Å²) in [6, 6.07) is -0.545. The van der Waals surface area contributed by atoms with Gasteiger partial charge in [-0.25, -0.2) is 0 Å². The van der Waals surface area contributed by atoms with Crippen LogP contribution >= 0.6 is 0 Å². The smallest absolute Gasteiger partial charge is 0.322 e. The molecule has 2 heterocycles. The lowest BCUT2D eigenvalue weighted by atomic mass is 9.52. The quantitative estimate of drug-likeness (QED) is 0.156. The molecular weight excluding hydrogens is 859 g/mol. The monoisotopic (exact) mass is 954 g/mol. The fraction of sp³-hybridized carbons (Fsp3) is 0.860. The number of esters is 4. The minimum atomic E-state index is -0.545. The summed E-state index contributed by atoms with van der Waals surface area (Å²) in [7, 11) is 0. The fourth-order valence-corrected chi connectivity index (χ4v) is 14.2. The van der Waals surface area contributed by atoms with Crippen molar-refractivity contribution in [2.24, 2.45) is 57.0 Å². The first-order chi connectivity index (χ1) is 31.8. The topological polar surface area (TPSA) is 172 Å². The Bertz CT molecular complexity index is 1680. The molecule has 8 aliphatic rings. The lowest BCUT2D eigenvalue weighted by molar-refractivity contribution is -0.163. The second kappa shape index (κ2) is 23.2. The standard InChI is InChI=1S/C23H40O3.C22H39NO3.2C6H8O2/c1-6-17-14-19(26-20(24)16(2)3)9-13-22(17,5)18-8-12-21(4)10-7-11-23(21,25)15-18;1-5-16-13-18(26-19(24)15(2)23)8-12-21(16,4)17-7-11-20(3)9-6-10-22(20,25)14-17;2*1-5-2-3-6(7)8-4-5/h16-19,25H,6-15H2,1-5H3;15-18,25H,5-14,23H2,1-4H3;2*4H,2-3H2,1H3/t17-,18+,19+,21+,22+,23+;15-,16-,17+,18+,20+,21+,22+;;/m11../s1. The molecule has 68 heavy (non-hydrogen) atoms. The number of rotatable bonds is 8. The zero-order chi connectivity index (χ0) is 50.3. The Hall–Kier alpha value is -2.76. The van der Waals surface area contributed by atoms with E-state index < -0.39 is 17.2 Å². The van der Waals surface area contributed by atoms with Crippen molar-refractivity contribution in [2.75, 3.05) is 0 Å². The SMILES string of the molecule is CC1=COC(=O)CC1.CC1=COC(=O)CC1.CC[C@@H]1C[C@@H](OC(=O)C(C)C)CC[C@]1(C)[C@H]1CC[C@]2(C)CCC[C@]2(O)C1.CC[C@@H]1C[C@@H](OC(=O)[C@@H](C)N)CC[C@]1(C)[C@H]1CC[C@]2(C)CCC[C@]2(O)C1. The van der Waals surface area contributed by atoms with Crippen LogP contribution in [0.4, 0.5) is 0 Å². The normalized spacial score (nSPS) is 40.3. The highest BCUT2D eigenvalue weighted by atomic mass is 16.6. The zero-order valence-electron chi connectivity index (χ0n) is 44.5. The molecule has 13 atom stereocenters. The van der Waals surface area contributed by atoms with Gasteiger partial charge >= 0.3 is 23.9 Å². The highest BCUT2D eigenvalue weighted by Gasteiger charge is 2.59. The van der Waals surface area contributed by atoms with Gasteiger partial charge in [-0.15, -0.1) is 0 Å². The van der Waals surface area contributed by atoms with E-state index >= 15 is 0 Å². The number of cyclic esters (lactones) is 2. The van der Waals surface area contributed by atoms with Crippen molar-refractivity contribution in [2.45, 2.75) is 260 Å². The van der Waals surface area contributed by atoms with E-state index in [0.717, 1.165) is 107 Å². The number of carbonyl (C=O) groups is 4. The summed E-state index contributed by atoms with van der Waals surface area (Å²) in [6.45, 7) is 23.5. The third kappa shape index (κ3) is 13.0. The van der Waals surface area contributed by atoms with Crippen LogP contribution in [0.3, 0.4) is 0 Å². The molecule has 0 saturated heterocycles. The van der Waals surface area contributed by atoms with Gasteiger partial charge in [0.2, 0.25) is 0 Å². The molecule has 0 aromatic carbocycles. The van der Waals surface area contributed by atoms with Gasteiger partial charge in [0, 0.05) is 12.8 Å². The lowest BCUT2D eigenvalue weighted by Gasteiger charge is -2.55. The largest absolute Gasteiger partial charge is 0.462 e. The summed E-state index contributed by atoms with van der Waals surface area (Å²) >= 11 is 0. The predicted octanol–water partition coefficient (Wildman–Crippen LogP) is 12.1. The van der Waals surface area contributed by atoms with E-state index in [2.05, 4.69) is 51.0 Å². The molecule has 11 heteroatoms. The number of hydrogen-bond acceptors (Lipinski definition) is 11. The first-order valence-electron chi connectivity index (χ1n) is 27.2. The summed E-state index contributed by atoms with van der Waals surface area (Å²) in [5.74, 6) is 1.70. The Balaban J connectivity index is 0.000000192. The maximum atomic E-state index is 12.0. The number of allylic oxidation sites excluding steroid dienone is 2. The van der Waals surface area contributed by atoms with Crippen LogP contribution in [-0.2, 0) is 38.1 Å². The molecule has 6 aliphatic carbocycles. The minimum absolute atomic E-state index is 0.00921. The maximum absolute atomic E-state index is 12.0. The van der Waals surface area contributed by atoms with Crippen LogP contribution in [0.2, 0.25) is 0 Å². The van der Waals surface area contributed by atoms with Gasteiger partial charge in [-0.2, -0.15) is 0 Å². The van der Waals surface area contributed by atoms with E-state index in [4.69, 9.17) is 15.2 Å². The van der Waals surface area contributed by atoms with Crippen molar-refractivity contribution in [3.63, 3.8) is 0 Å². The third-order valence-electron chi connectivity index (χ3n) is 19.6. The molecular formula is C57H95NO10. The second-order valence-corrected chi connectivity index (χ2v) is 24.5. The van der Waals surface area contributed by atoms with Crippen molar-refractivity contribution in [1.82, 2.24) is 0 Å². The molecule has 11 nitrogen and oxygen atoms in total. The molecule has 8 rings (SSSR count). The molecule has 0 unspecified atom stereocenters. The van der Waals surface area contributed by atoms with Crippen LogP contribution in [0, 0.1) is 51.2 Å². The Labute approximate surface area is 411 Å². The molecule has 0 bridgehead atoms. The van der Waals surface area contributed by atoms with Crippen molar-refractivity contribution in [3.8, 4) is 0 Å². The predicted molar refractivity (Wildman–Crippen MR) is 266 cm³/mol. The molecule has 0 aromatic rings. The molecule has 0 amide bonds. The first kappa shape index (κ1) is 56.2. The van der Waals surface area contributed by atoms with Crippen LogP contribution in [0.25, 0.3) is 0 Å². The van der Waals surface area contributed by atoms with Crippen molar-refractivity contribution in [1.29, 1.82) is 0 Å². The molecule has 0 aromatic heterocycles. The first-order valence-corrected chi connectivity index (χ1v) is 27.2. The van der Waals surface area contributed by atoms with Crippen LogP contribution in [-0.4, -0.2) is 63.5 Å². The van der Waals surface area contributed by atoms with Gasteiger partial charge in [0.05, 0.1) is 29.6 Å². The number of nitrogens with two attached hydrogens (primary N) is 1. The van der Waals surface area contributed by atoms with Crippen LogP contribution in [0.15, 0.2) is 23.7 Å². The summed E-state index contributed by atoms with van der Waals surface area (Å²) < 4.78 is 20.6. The second-order valence-electron chi connectivity index (χ2n) is 24.5. The van der Waals surface area contributed by atoms with Gasteiger partial charge in [0.25, 0.3) is 0 Å². The average Bonchev–Trinajstić information content (AvgIpc) is 3.80. The summed E-state index contributed by atoms with van der Waals surface area (Å²) in [5, 5.41) is 22.8. The third-order valence-corrected chi connectivity index (χ3v) is 19.6. The summed E-state index contributed by atoms with van der Waals surface area (Å²) in [5.41, 5.74) is 7.83. The molecule has 2 aliphatic heterocycles. The van der Waals surface area contributed by atoms with E-state index in [0.29, 0.717) is 36.5 Å². The number of hydrogen-bond donors (Lipinski definition) is 3. The number of carbonyl (C=O) groups excluding carboxylic acids is 4. The Morgan fingerprint density at radius 1 is 0.632 bits per heavy atom.